The summed E-state index contributed by atoms with van der Waals surface area (Å²) >= 11 is 3.04. The van der Waals surface area contributed by atoms with Crippen molar-refractivity contribution in [3.63, 3.8) is 0 Å². The lowest BCUT2D eigenvalue weighted by atomic mass is 10.1. The minimum atomic E-state index is -2.94. The van der Waals surface area contributed by atoms with Crippen LogP contribution in [-0.4, -0.2) is 29.9 Å². The second-order valence-corrected chi connectivity index (χ2v) is 6.63. The van der Waals surface area contributed by atoms with Crippen LogP contribution in [0.4, 0.5) is 0 Å². The van der Waals surface area contributed by atoms with Crippen molar-refractivity contribution in [2.24, 2.45) is 0 Å². The zero-order valence-electron chi connectivity index (χ0n) is 7.73. The van der Waals surface area contributed by atoms with E-state index in [4.69, 9.17) is 0 Å². The van der Waals surface area contributed by atoms with Crippen LogP contribution in [-0.2, 0) is 9.84 Å². The van der Waals surface area contributed by atoms with E-state index in [1.165, 1.54) is 6.20 Å². The van der Waals surface area contributed by atoms with Gasteiger partial charge >= 0.3 is 0 Å². The smallest absolute Gasteiger partial charge is 0.265 e. The molecule has 0 spiro atoms. The van der Waals surface area contributed by atoms with E-state index in [1.807, 2.05) is 0 Å². The maximum Gasteiger partial charge on any atom is 0.265 e. The Balaban J connectivity index is 2.32. The van der Waals surface area contributed by atoms with E-state index in [2.05, 4.69) is 25.9 Å². The Bertz CT molecular complexity index is 537. The lowest BCUT2D eigenvalue weighted by Gasteiger charge is -2.05. The molecule has 1 unspecified atom stereocenters. The highest BCUT2D eigenvalue weighted by molar-refractivity contribution is 9.10. The van der Waals surface area contributed by atoms with Gasteiger partial charge in [-0.3, -0.25) is 4.79 Å². The summed E-state index contributed by atoms with van der Waals surface area (Å²) in [5.41, 5.74) is -0.274. The molecule has 1 saturated heterocycles. The summed E-state index contributed by atoms with van der Waals surface area (Å²) in [6, 6.07) is 0. The molecule has 1 aliphatic rings. The van der Waals surface area contributed by atoms with Crippen molar-refractivity contribution in [1.29, 1.82) is 0 Å². The summed E-state index contributed by atoms with van der Waals surface area (Å²) in [6.45, 7) is 0. The van der Waals surface area contributed by atoms with Gasteiger partial charge in [-0.15, -0.1) is 0 Å². The predicted octanol–water partition coefficient (Wildman–Crippen LogP) is 0.435. The topological polar surface area (TPSA) is 79.9 Å². The molecule has 5 nitrogen and oxygen atoms in total. The monoisotopic (exact) mass is 292 g/mol. The van der Waals surface area contributed by atoms with Crippen LogP contribution < -0.4 is 5.56 Å². The predicted molar refractivity (Wildman–Crippen MR) is 58.6 cm³/mol. The summed E-state index contributed by atoms with van der Waals surface area (Å²) in [5, 5.41) is 0. The van der Waals surface area contributed by atoms with Gasteiger partial charge in [-0.1, -0.05) is 0 Å². The Morgan fingerprint density at radius 1 is 1.53 bits per heavy atom. The van der Waals surface area contributed by atoms with Crippen LogP contribution in [0.15, 0.2) is 15.5 Å². The molecule has 1 atom stereocenters. The van der Waals surface area contributed by atoms with E-state index in [0.717, 1.165) is 0 Å². The molecule has 7 heteroatoms. The molecular formula is C8H9BrN2O3S. The first-order chi connectivity index (χ1) is 6.98. The maximum atomic E-state index is 11.3. The van der Waals surface area contributed by atoms with Crippen LogP contribution in [0, 0.1) is 0 Å². The van der Waals surface area contributed by atoms with E-state index >= 15 is 0 Å². The molecule has 1 fully saturated rings. The van der Waals surface area contributed by atoms with Gasteiger partial charge in [-0.2, -0.15) is 0 Å². The quantitative estimate of drug-likeness (QED) is 0.814. The Labute approximate surface area is 95.0 Å². The largest absolute Gasteiger partial charge is 0.309 e. The molecule has 0 saturated carbocycles. The van der Waals surface area contributed by atoms with Crippen molar-refractivity contribution in [3.05, 3.63) is 26.8 Å². The minimum absolute atomic E-state index is 0.0809. The van der Waals surface area contributed by atoms with Crippen LogP contribution in [0.5, 0.6) is 0 Å². The number of H-pyrrole nitrogens is 1. The third-order valence-corrected chi connectivity index (χ3v) is 4.73. The second kappa shape index (κ2) is 3.71. The Kier molecular flexibility index (Phi) is 2.68. The Morgan fingerprint density at radius 2 is 2.27 bits per heavy atom. The summed E-state index contributed by atoms with van der Waals surface area (Å²) in [5.74, 6) is 0.551. The molecule has 2 heterocycles. The normalized spacial score (nSPS) is 24.2. The summed E-state index contributed by atoms with van der Waals surface area (Å²) in [6.07, 6.45) is 1.94. The lowest BCUT2D eigenvalue weighted by molar-refractivity contribution is 0.601. The van der Waals surface area contributed by atoms with Gasteiger partial charge in [0.1, 0.15) is 10.3 Å². The summed E-state index contributed by atoms with van der Waals surface area (Å²) < 4.78 is 22.8. The van der Waals surface area contributed by atoms with Crippen LogP contribution in [0.1, 0.15) is 18.2 Å². The van der Waals surface area contributed by atoms with Gasteiger partial charge in [0.2, 0.25) is 0 Å². The van der Waals surface area contributed by atoms with Gasteiger partial charge < -0.3 is 4.98 Å². The maximum absolute atomic E-state index is 11.3. The van der Waals surface area contributed by atoms with Crippen molar-refractivity contribution in [2.45, 2.75) is 12.3 Å². The van der Waals surface area contributed by atoms with Crippen LogP contribution >= 0.6 is 15.9 Å². The van der Waals surface area contributed by atoms with E-state index < -0.39 is 9.84 Å². The third-order valence-electron chi connectivity index (χ3n) is 2.39. The van der Waals surface area contributed by atoms with Gasteiger partial charge in [-0.25, -0.2) is 13.4 Å². The molecule has 0 aliphatic carbocycles. The highest BCUT2D eigenvalue weighted by Gasteiger charge is 2.30. The van der Waals surface area contributed by atoms with E-state index in [1.54, 1.807) is 0 Å². The van der Waals surface area contributed by atoms with Crippen molar-refractivity contribution >= 4 is 25.8 Å². The molecule has 15 heavy (non-hydrogen) atoms. The van der Waals surface area contributed by atoms with Gasteiger partial charge in [-0.05, 0) is 22.4 Å². The van der Waals surface area contributed by atoms with Crippen LogP contribution in [0.2, 0.25) is 0 Å². The molecule has 0 bridgehead atoms. The zero-order valence-corrected chi connectivity index (χ0v) is 10.1. The fourth-order valence-electron chi connectivity index (χ4n) is 1.61. The molecule has 2 rings (SSSR count). The van der Waals surface area contributed by atoms with E-state index in [-0.39, 0.29) is 23.0 Å². The fourth-order valence-corrected chi connectivity index (χ4v) is 3.56. The third kappa shape index (κ3) is 2.28. The molecule has 1 aliphatic heterocycles. The number of rotatable bonds is 1. The molecule has 0 radical (unpaired) electrons. The van der Waals surface area contributed by atoms with Crippen LogP contribution in [0.3, 0.4) is 0 Å². The second-order valence-electron chi connectivity index (χ2n) is 3.55. The average molecular weight is 293 g/mol. The lowest BCUT2D eigenvalue weighted by Crippen LogP contribution is -2.15. The van der Waals surface area contributed by atoms with Crippen molar-refractivity contribution in [2.75, 3.05) is 11.5 Å². The molecule has 0 amide bonds. The first-order valence-corrected chi connectivity index (χ1v) is 7.04. The van der Waals surface area contributed by atoms with Crippen molar-refractivity contribution in [1.82, 2.24) is 9.97 Å². The first-order valence-electron chi connectivity index (χ1n) is 4.43. The Morgan fingerprint density at radius 3 is 2.80 bits per heavy atom. The number of aromatic nitrogens is 2. The molecule has 0 aromatic carbocycles. The summed E-state index contributed by atoms with van der Waals surface area (Å²) in [4.78, 5) is 17.9. The fraction of sp³-hybridized carbons (Fsp3) is 0.500. The van der Waals surface area contributed by atoms with Gasteiger partial charge in [0.25, 0.3) is 5.56 Å². The first kappa shape index (κ1) is 10.8. The SMILES string of the molecule is O=c1[nH]c(C2CCS(=O)(=O)C2)ncc1Br. The molecule has 82 valence electrons. The van der Waals surface area contributed by atoms with Crippen LogP contribution in [0.25, 0.3) is 0 Å². The van der Waals surface area contributed by atoms with E-state index in [0.29, 0.717) is 16.7 Å². The number of hydrogen-bond donors (Lipinski definition) is 1. The number of aromatic amines is 1. The van der Waals surface area contributed by atoms with Gasteiger partial charge in [0.15, 0.2) is 9.84 Å². The number of sulfone groups is 1. The van der Waals surface area contributed by atoms with Crippen molar-refractivity contribution in [3.8, 4) is 0 Å². The highest BCUT2D eigenvalue weighted by Crippen LogP contribution is 2.25. The van der Waals surface area contributed by atoms with Gasteiger partial charge in [0.05, 0.1) is 11.5 Å². The number of hydrogen-bond acceptors (Lipinski definition) is 4. The molecule has 1 aromatic rings. The average Bonchev–Trinajstić information content (AvgIpc) is 2.51. The molecule has 1 N–H and O–H groups in total. The van der Waals surface area contributed by atoms with Crippen molar-refractivity contribution < 1.29 is 8.42 Å². The molecule has 1 aromatic heterocycles. The highest BCUT2D eigenvalue weighted by atomic mass is 79.9. The number of nitrogens with one attached hydrogen (secondary N) is 1. The molecular weight excluding hydrogens is 284 g/mol. The Hall–Kier alpha value is -0.690. The van der Waals surface area contributed by atoms with Gasteiger partial charge in [0, 0.05) is 12.1 Å². The minimum Gasteiger partial charge on any atom is -0.309 e. The number of nitrogens with zero attached hydrogens (tertiary/aromatic N) is 1. The van der Waals surface area contributed by atoms with E-state index in [9.17, 15) is 13.2 Å². The standard InChI is InChI=1S/C8H9BrN2O3S/c9-6-3-10-7(11-8(6)12)5-1-2-15(13,14)4-5/h3,5H,1-2,4H2,(H,10,11,12). The number of halogens is 1. The zero-order chi connectivity index (χ0) is 11.1. The summed E-state index contributed by atoms with van der Waals surface area (Å²) in [7, 11) is -2.94.